The topological polar surface area (TPSA) is 61.4 Å². The van der Waals surface area contributed by atoms with Gasteiger partial charge in [-0.3, -0.25) is 4.79 Å². The van der Waals surface area contributed by atoms with Crippen LogP contribution in [0, 0.1) is 5.41 Å². The van der Waals surface area contributed by atoms with Gasteiger partial charge in [-0.1, -0.05) is 13.8 Å². The molecule has 0 aromatic carbocycles. The van der Waals surface area contributed by atoms with Gasteiger partial charge < -0.3 is 15.7 Å². The Morgan fingerprint density at radius 1 is 1.47 bits per heavy atom. The fourth-order valence-corrected chi connectivity index (χ4v) is 1.57. The lowest BCUT2D eigenvalue weighted by Crippen LogP contribution is -2.39. The van der Waals surface area contributed by atoms with E-state index in [0.717, 1.165) is 19.3 Å². The highest BCUT2D eigenvalue weighted by atomic mass is 16.3. The van der Waals surface area contributed by atoms with Gasteiger partial charge in [0.25, 0.3) is 0 Å². The van der Waals surface area contributed by atoms with E-state index in [-0.39, 0.29) is 17.9 Å². The van der Waals surface area contributed by atoms with Gasteiger partial charge in [0.15, 0.2) is 0 Å². The van der Waals surface area contributed by atoms with E-state index in [0.29, 0.717) is 19.1 Å². The number of aliphatic hydroxyl groups excluding tert-OH is 1. The summed E-state index contributed by atoms with van der Waals surface area (Å²) in [5, 5.41) is 14.8. The third-order valence-corrected chi connectivity index (χ3v) is 2.93. The van der Waals surface area contributed by atoms with Crippen LogP contribution >= 0.6 is 0 Å². The molecular weight excluding hydrogens is 192 g/mol. The zero-order chi connectivity index (χ0) is 11.3. The van der Waals surface area contributed by atoms with Crippen molar-refractivity contribution < 1.29 is 9.90 Å². The van der Waals surface area contributed by atoms with Crippen molar-refractivity contribution in [1.82, 2.24) is 10.6 Å². The summed E-state index contributed by atoms with van der Waals surface area (Å²) in [7, 11) is 0. The SMILES string of the molecule is CC(C)NCC(=O)NCC1(CCO)CC1. The lowest BCUT2D eigenvalue weighted by atomic mass is 10.0. The van der Waals surface area contributed by atoms with Crippen LogP contribution in [-0.4, -0.2) is 36.8 Å². The second-order valence-electron chi connectivity index (χ2n) is 4.79. The molecule has 0 aromatic rings. The van der Waals surface area contributed by atoms with E-state index < -0.39 is 0 Å². The summed E-state index contributed by atoms with van der Waals surface area (Å²) in [5.74, 6) is 0.0490. The summed E-state index contributed by atoms with van der Waals surface area (Å²) in [4.78, 5) is 11.4. The lowest BCUT2D eigenvalue weighted by molar-refractivity contribution is -0.120. The summed E-state index contributed by atoms with van der Waals surface area (Å²) < 4.78 is 0. The number of aliphatic hydroxyl groups is 1. The van der Waals surface area contributed by atoms with Crippen molar-refractivity contribution in [2.45, 2.75) is 39.2 Å². The molecule has 15 heavy (non-hydrogen) atoms. The number of amides is 1. The molecule has 0 radical (unpaired) electrons. The first-order valence-electron chi connectivity index (χ1n) is 5.69. The molecule has 0 atom stereocenters. The molecule has 0 spiro atoms. The maximum absolute atomic E-state index is 11.4. The Labute approximate surface area is 91.4 Å². The average Bonchev–Trinajstić information content (AvgIpc) is 2.93. The van der Waals surface area contributed by atoms with Crippen LogP contribution in [0.4, 0.5) is 0 Å². The highest BCUT2D eigenvalue weighted by molar-refractivity contribution is 5.78. The first kappa shape index (κ1) is 12.5. The van der Waals surface area contributed by atoms with Crippen molar-refractivity contribution >= 4 is 5.91 Å². The Hall–Kier alpha value is -0.610. The van der Waals surface area contributed by atoms with Crippen LogP contribution in [0.25, 0.3) is 0 Å². The quantitative estimate of drug-likeness (QED) is 0.570. The minimum Gasteiger partial charge on any atom is -0.396 e. The van der Waals surface area contributed by atoms with Crippen LogP contribution in [0.1, 0.15) is 33.1 Å². The molecule has 1 rings (SSSR count). The Morgan fingerprint density at radius 2 is 2.13 bits per heavy atom. The highest BCUT2D eigenvalue weighted by Crippen LogP contribution is 2.47. The monoisotopic (exact) mass is 214 g/mol. The molecule has 0 bridgehead atoms. The second kappa shape index (κ2) is 5.47. The van der Waals surface area contributed by atoms with E-state index in [9.17, 15) is 4.79 Å². The van der Waals surface area contributed by atoms with Crippen molar-refractivity contribution in [1.29, 1.82) is 0 Å². The van der Waals surface area contributed by atoms with Crippen molar-refractivity contribution in [2.24, 2.45) is 5.41 Å². The molecule has 4 heteroatoms. The number of hydrogen-bond donors (Lipinski definition) is 3. The van der Waals surface area contributed by atoms with Gasteiger partial charge in [0, 0.05) is 19.2 Å². The third kappa shape index (κ3) is 4.62. The zero-order valence-electron chi connectivity index (χ0n) is 9.68. The third-order valence-electron chi connectivity index (χ3n) is 2.93. The Kier molecular flexibility index (Phi) is 4.54. The Bertz CT molecular complexity index is 213. The van der Waals surface area contributed by atoms with E-state index in [1.54, 1.807) is 0 Å². The van der Waals surface area contributed by atoms with Gasteiger partial charge in [0.1, 0.15) is 0 Å². The largest absolute Gasteiger partial charge is 0.396 e. The van der Waals surface area contributed by atoms with E-state index in [1.807, 2.05) is 13.8 Å². The van der Waals surface area contributed by atoms with Gasteiger partial charge in [-0.25, -0.2) is 0 Å². The van der Waals surface area contributed by atoms with E-state index in [2.05, 4.69) is 10.6 Å². The van der Waals surface area contributed by atoms with Gasteiger partial charge in [0.2, 0.25) is 5.91 Å². The molecule has 3 N–H and O–H groups in total. The van der Waals surface area contributed by atoms with Crippen molar-refractivity contribution in [3.05, 3.63) is 0 Å². The Morgan fingerprint density at radius 3 is 2.60 bits per heavy atom. The molecule has 1 saturated carbocycles. The second-order valence-corrected chi connectivity index (χ2v) is 4.79. The molecule has 88 valence electrons. The van der Waals surface area contributed by atoms with Crippen LogP contribution < -0.4 is 10.6 Å². The number of carbonyl (C=O) groups is 1. The predicted octanol–water partition coefficient (Wildman–Crippen LogP) is 0.263. The highest BCUT2D eigenvalue weighted by Gasteiger charge is 2.41. The molecule has 0 aromatic heterocycles. The van der Waals surface area contributed by atoms with Gasteiger partial charge in [0.05, 0.1) is 6.54 Å². The number of carbonyl (C=O) groups excluding carboxylic acids is 1. The molecule has 1 aliphatic rings. The predicted molar refractivity (Wildman–Crippen MR) is 59.5 cm³/mol. The van der Waals surface area contributed by atoms with Crippen LogP contribution in [0.5, 0.6) is 0 Å². The molecule has 0 saturated heterocycles. The average molecular weight is 214 g/mol. The van der Waals surface area contributed by atoms with E-state index in [4.69, 9.17) is 5.11 Å². The van der Waals surface area contributed by atoms with Crippen molar-refractivity contribution in [3.8, 4) is 0 Å². The summed E-state index contributed by atoms with van der Waals surface area (Å²) in [6.45, 7) is 5.35. The number of rotatable bonds is 7. The molecule has 0 aliphatic heterocycles. The first-order valence-corrected chi connectivity index (χ1v) is 5.69. The lowest BCUT2D eigenvalue weighted by Gasteiger charge is -2.15. The molecule has 1 fully saturated rings. The van der Waals surface area contributed by atoms with E-state index >= 15 is 0 Å². The fraction of sp³-hybridized carbons (Fsp3) is 0.909. The number of hydrogen-bond acceptors (Lipinski definition) is 3. The van der Waals surface area contributed by atoms with Gasteiger partial charge in [-0.05, 0) is 24.7 Å². The van der Waals surface area contributed by atoms with Crippen LogP contribution in [0.15, 0.2) is 0 Å². The smallest absolute Gasteiger partial charge is 0.233 e. The standard InChI is InChI=1S/C11H22N2O2/c1-9(2)12-7-10(15)13-8-11(3-4-11)5-6-14/h9,12,14H,3-8H2,1-2H3,(H,13,15). The van der Waals surface area contributed by atoms with Crippen LogP contribution in [0.3, 0.4) is 0 Å². The first-order chi connectivity index (χ1) is 7.08. The van der Waals surface area contributed by atoms with Crippen LogP contribution in [0.2, 0.25) is 0 Å². The van der Waals surface area contributed by atoms with Gasteiger partial charge in [-0.15, -0.1) is 0 Å². The normalized spacial score (nSPS) is 17.9. The minimum absolute atomic E-state index is 0.0490. The summed E-state index contributed by atoms with van der Waals surface area (Å²) >= 11 is 0. The summed E-state index contributed by atoms with van der Waals surface area (Å²) in [6, 6.07) is 0.336. The maximum atomic E-state index is 11.4. The molecule has 0 heterocycles. The molecule has 1 amide bonds. The van der Waals surface area contributed by atoms with E-state index in [1.165, 1.54) is 0 Å². The molecule has 0 unspecified atom stereocenters. The summed E-state index contributed by atoms with van der Waals surface area (Å²) in [6.07, 6.45) is 3.07. The molecule has 4 nitrogen and oxygen atoms in total. The number of nitrogens with one attached hydrogen (secondary N) is 2. The van der Waals surface area contributed by atoms with Gasteiger partial charge in [-0.2, -0.15) is 0 Å². The zero-order valence-corrected chi connectivity index (χ0v) is 9.68. The van der Waals surface area contributed by atoms with Crippen molar-refractivity contribution in [3.63, 3.8) is 0 Å². The molecule has 1 aliphatic carbocycles. The summed E-state index contributed by atoms with van der Waals surface area (Å²) in [5.41, 5.74) is 0.211. The fourth-order valence-electron chi connectivity index (χ4n) is 1.57. The maximum Gasteiger partial charge on any atom is 0.233 e. The van der Waals surface area contributed by atoms with Crippen LogP contribution in [-0.2, 0) is 4.79 Å². The van der Waals surface area contributed by atoms with Gasteiger partial charge >= 0.3 is 0 Å². The Balaban J connectivity index is 2.11. The molecular formula is C11H22N2O2. The van der Waals surface area contributed by atoms with Crippen molar-refractivity contribution in [2.75, 3.05) is 19.7 Å². The minimum atomic E-state index is 0.0490.